The van der Waals surface area contributed by atoms with Crippen molar-refractivity contribution in [3.05, 3.63) is 53.2 Å². The SMILES string of the molecule is CN(Cc1cccc(Cl)c1)S(=O)(=O)c1ncccc1NN. The summed E-state index contributed by atoms with van der Waals surface area (Å²) in [5, 5.41) is 0.442. The highest BCUT2D eigenvalue weighted by atomic mass is 35.5. The third-order valence-corrected chi connectivity index (χ3v) is 4.87. The summed E-state index contributed by atoms with van der Waals surface area (Å²) in [6.07, 6.45) is 1.40. The van der Waals surface area contributed by atoms with E-state index in [2.05, 4.69) is 10.4 Å². The minimum atomic E-state index is -3.76. The summed E-state index contributed by atoms with van der Waals surface area (Å²) in [4.78, 5) is 3.90. The quantitative estimate of drug-likeness (QED) is 0.646. The van der Waals surface area contributed by atoms with E-state index in [-0.39, 0.29) is 17.3 Å². The lowest BCUT2D eigenvalue weighted by atomic mass is 10.2. The van der Waals surface area contributed by atoms with Gasteiger partial charge in [-0.2, -0.15) is 4.31 Å². The molecule has 112 valence electrons. The van der Waals surface area contributed by atoms with Crippen molar-refractivity contribution in [2.75, 3.05) is 12.5 Å². The molecule has 8 heteroatoms. The standard InChI is InChI=1S/C13H15ClN4O2S/c1-18(9-10-4-2-5-11(14)8-10)21(19,20)13-12(17-15)6-3-7-16-13/h2-8,17H,9,15H2,1H3. The molecule has 0 amide bonds. The van der Waals surface area contributed by atoms with E-state index < -0.39 is 10.0 Å². The number of rotatable bonds is 5. The maximum atomic E-state index is 12.5. The molecule has 0 atom stereocenters. The molecule has 0 radical (unpaired) electrons. The van der Waals surface area contributed by atoms with Crippen LogP contribution < -0.4 is 11.3 Å². The first-order valence-corrected chi connectivity index (χ1v) is 7.89. The van der Waals surface area contributed by atoms with E-state index in [0.717, 1.165) is 5.56 Å². The highest BCUT2D eigenvalue weighted by Crippen LogP contribution is 2.22. The van der Waals surface area contributed by atoms with E-state index in [4.69, 9.17) is 17.4 Å². The second-order valence-corrected chi connectivity index (χ2v) is 6.79. The highest BCUT2D eigenvalue weighted by Gasteiger charge is 2.25. The fourth-order valence-corrected chi connectivity index (χ4v) is 3.26. The lowest BCUT2D eigenvalue weighted by Gasteiger charge is -2.18. The van der Waals surface area contributed by atoms with Gasteiger partial charge in [0, 0.05) is 24.8 Å². The molecule has 0 bridgehead atoms. The molecule has 0 spiro atoms. The van der Waals surface area contributed by atoms with Crippen LogP contribution in [0.3, 0.4) is 0 Å². The monoisotopic (exact) mass is 326 g/mol. The molecule has 1 aromatic carbocycles. The number of hydrazine groups is 1. The lowest BCUT2D eigenvalue weighted by Crippen LogP contribution is -2.28. The number of hydrogen-bond acceptors (Lipinski definition) is 5. The predicted molar refractivity (Wildman–Crippen MR) is 82.2 cm³/mol. The summed E-state index contributed by atoms with van der Waals surface area (Å²) in [6, 6.07) is 10.2. The summed E-state index contributed by atoms with van der Waals surface area (Å²) in [6.45, 7) is 0.184. The molecule has 0 saturated heterocycles. The van der Waals surface area contributed by atoms with Crippen molar-refractivity contribution >= 4 is 27.3 Å². The first kappa shape index (κ1) is 15.7. The normalized spacial score (nSPS) is 11.6. The third kappa shape index (κ3) is 3.51. The fourth-order valence-electron chi connectivity index (χ4n) is 1.83. The number of benzene rings is 1. The maximum absolute atomic E-state index is 12.5. The Kier molecular flexibility index (Phi) is 4.79. The zero-order valence-corrected chi connectivity index (χ0v) is 12.9. The number of nitrogens with two attached hydrogens (primary N) is 1. The van der Waals surface area contributed by atoms with Crippen LogP contribution in [0.4, 0.5) is 5.69 Å². The molecule has 0 aliphatic carbocycles. The molecular formula is C13H15ClN4O2S. The number of hydrogen-bond donors (Lipinski definition) is 2. The van der Waals surface area contributed by atoms with Crippen LogP contribution in [-0.4, -0.2) is 24.8 Å². The largest absolute Gasteiger partial charge is 0.321 e. The first-order valence-electron chi connectivity index (χ1n) is 6.07. The molecule has 6 nitrogen and oxygen atoms in total. The minimum Gasteiger partial charge on any atom is -0.321 e. The summed E-state index contributed by atoms with van der Waals surface area (Å²) in [5.41, 5.74) is 3.37. The average Bonchev–Trinajstić information content (AvgIpc) is 2.47. The third-order valence-electron chi connectivity index (χ3n) is 2.88. The summed E-state index contributed by atoms with van der Waals surface area (Å²) >= 11 is 5.90. The zero-order valence-electron chi connectivity index (χ0n) is 11.3. The van der Waals surface area contributed by atoms with Gasteiger partial charge in [0.15, 0.2) is 5.03 Å². The van der Waals surface area contributed by atoms with Gasteiger partial charge in [0.1, 0.15) is 0 Å². The van der Waals surface area contributed by atoms with Crippen molar-refractivity contribution in [3.8, 4) is 0 Å². The predicted octanol–water partition coefficient (Wildman–Crippen LogP) is 1.84. The Hall–Kier alpha value is -1.67. The maximum Gasteiger partial charge on any atom is 0.262 e. The number of aromatic nitrogens is 1. The van der Waals surface area contributed by atoms with Gasteiger partial charge in [-0.1, -0.05) is 23.7 Å². The van der Waals surface area contributed by atoms with Gasteiger partial charge in [-0.3, -0.25) is 5.84 Å². The molecule has 0 saturated carbocycles. The van der Waals surface area contributed by atoms with Crippen LogP contribution >= 0.6 is 11.6 Å². The van der Waals surface area contributed by atoms with Crippen LogP contribution in [0.1, 0.15) is 5.56 Å². The van der Waals surface area contributed by atoms with Crippen LogP contribution in [0.5, 0.6) is 0 Å². The van der Waals surface area contributed by atoms with Crippen molar-refractivity contribution in [2.24, 2.45) is 5.84 Å². The molecule has 1 heterocycles. The topological polar surface area (TPSA) is 88.3 Å². The number of nitrogens with zero attached hydrogens (tertiary/aromatic N) is 2. The van der Waals surface area contributed by atoms with Gasteiger partial charge in [-0.25, -0.2) is 13.4 Å². The van der Waals surface area contributed by atoms with E-state index in [9.17, 15) is 8.42 Å². The molecule has 0 aliphatic heterocycles. The number of pyridine rings is 1. The number of nitrogen functional groups attached to an aromatic ring is 1. The Morgan fingerprint density at radius 2 is 2.10 bits per heavy atom. The molecule has 0 aliphatic rings. The molecule has 21 heavy (non-hydrogen) atoms. The van der Waals surface area contributed by atoms with Crippen LogP contribution in [0.2, 0.25) is 5.02 Å². The molecular weight excluding hydrogens is 312 g/mol. The Morgan fingerprint density at radius 1 is 1.33 bits per heavy atom. The van der Waals surface area contributed by atoms with E-state index in [1.807, 2.05) is 0 Å². The zero-order chi connectivity index (χ0) is 15.5. The number of anilines is 1. The van der Waals surface area contributed by atoms with Crippen molar-refractivity contribution in [3.63, 3.8) is 0 Å². The highest BCUT2D eigenvalue weighted by molar-refractivity contribution is 7.89. The summed E-state index contributed by atoms with van der Waals surface area (Å²) < 4.78 is 26.3. The average molecular weight is 327 g/mol. The van der Waals surface area contributed by atoms with Crippen LogP contribution in [0.15, 0.2) is 47.6 Å². The summed E-state index contributed by atoms with van der Waals surface area (Å²) in [7, 11) is -2.28. The van der Waals surface area contributed by atoms with E-state index in [1.165, 1.54) is 17.5 Å². The van der Waals surface area contributed by atoms with Crippen molar-refractivity contribution in [2.45, 2.75) is 11.6 Å². The Labute approximate surface area is 128 Å². The molecule has 3 N–H and O–H groups in total. The first-order chi connectivity index (χ1) is 9.95. The Balaban J connectivity index is 2.31. The molecule has 2 aromatic rings. The minimum absolute atomic E-state index is 0.114. The van der Waals surface area contributed by atoms with Gasteiger partial charge in [-0.05, 0) is 29.8 Å². The van der Waals surface area contributed by atoms with Gasteiger partial charge < -0.3 is 5.43 Å². The van der Waals surface area contributed by atoms with Gasteiger partial charge in [0.05, 0.1) is 5.69 Å². The van der Waals surface area contributed by atoms with Crippen LogP contribution in [-0.2, 0) is 16.6 Å². The summed E-state index contributed by atoms with van der Waals surface area (Å²) in [5.74, 6) is 5.33. The van der Waals surface area contributed by atoms with Crippen molar-refractivity contribution in [1.29, 1.82) is 0 Å². The molecule has 2 rings (SSSR count). The van der Waals surface area contributed by atoms with Crippen molar-refractivity contribution < 1.29 is 8.42 Å². The van der Waals surface area contributed by atoms with Gasteiger partial charge >= 0.3 is 0 Å². The van der Waals surface area contributed by atoms with Crippen LogP contribution in [0.25, 0.3) is 0 Å². The van der Waals surface area contributed by atoms with Crippen molar-refractivity contribution in [1.82, 2.24) is 9.29 Å². The van der Waals surface area contributed by atoms with Crippen LogP contribution in [0, 0.1) is 0 Å². The molecule has 0 fully saturated rings. The smallest absolute Gasteiger partial charge is 0.262 e. The van der Waals surface area contributed by atoms with Gasteiger partial charge in [-0.15, -0.1) is 0 Å². The number of sulfonamides is 1. The van der Waals surface area contributed by atoms with Gasteiger partial charge in [0.2, 0.25) is 0 Å². The van der Waals surface area contributed by atoms with Gasteiger partial charge in [0.25, 0.3) is 10.0 Å². The molecule has 1 aromatic heterocycles. The second kappa shape index (κ2) is 6.40. The fraction of sp³-hybridized carbons (Fsp3) is 0.154. The lowest BCUT2D eigenvalue weighted by molar-refractivity contribution is 0.464. The van der Waals surface area contributed by atoms with E-state index >= 15 is 0 Å². The number of nitrogens with one attached hydrogen (secondary N) is 1. The van der Waals surface area contributed by atoms with E-state index in [1.54, 1.807) is 36.4 Å². The Morgan fingerprint density at radius 3 is 2.76 bits per heavy atom. The number of halogens is 1. The molecule has 0 unspecified atom stereocenters. The second-order valence-electron chi connectivity index (χ2n) is 4.39. The van der Waals surface area contributed by atoms with E-state index in [0.29, 0.717) is 5.02 Å². The Bertz CT molecular complexity index is 736.